The maximum absolute atomic E-state index is 12.0. The van der Waals surface area contributed by atoms with Gasteiger partial charge in [0.15, 0.2) is 0 Å². The highest BCUT2D eigenvalue weighted by Gasteiger charge is 2.32. The van der Waals surface area contributed by atoms with E-state index in [-0.39, 0.29) is 23.8 Å². The van der Waals surface area contributed by atoms with Gasteiger partial charge in [0, 0.05) is 13.1 Å². The minimum Gasteiger partial charge on any atom is -0.357 e. The summed E-state index contributed by atoms with van der Waals surface area (Å²) < 4.78 is 0. The fraction of sp³-hybridized carbons (Fsp3) is 0.833. The first-order chi connectivity index (χ1) is 7.95. The Morgan fingerprint density at radius 3 is 2.59 bits per heavy atom. The zero-order valence-corrected chi connectivity index (χ0v) is 10.8. The molecule has 17 heavy (non-hydrogen) atoms. The number of hydrogen-bond acceptors (Lipinski definition) is 3. The van der Waals surface area contributed by atoms with Crippen LogP contribution in [0.2, 0.25) is 0 Å². The lowest BCUT2D eigenvalue weighted by molar-refractivity contribution is -0.131. The van der Waals surface area contributed by atoms with E-state index in [0.717, 1.165) is 19.3 Å². The summed E-state index contributed by atoms with van der Waals surface area (Å²) in [4.78, 5) is 23.3. The molecular weight excluding hydrogens is 218 g/mol. The Hall–Kier alpha value is -1.10. The van der Waals surface area contributed by atoms with Gasteiger partial charge >= 0.3 is 0 Å². The normalized spacial score (nSPS) is 30.5. The highest BCUT2D eigenvalue weighted by Crippen LogP contribution is 2.28. The van der Waals surface area contributed by atoms with Crippen LogP contribution in [0.5, 0.6) is 0 Å². The summed E-state index contributed by atoms with van der Waals surface area (Å²) in [6.07, 6.45) is 2.77. The van der Waals surface area contributed by atoms with Crippen molar-refractivity contribution >= 4 is 11.8 Å². The van der Waals surface area contributed by atoms with E-state index in [9.17, 15) is 9.59 Å². The monoisotopic (exact) mass is 241 g/mol. The molecule has 0 aromatic heterocycles. The van der Waals surface area contributed by atoms with Crippen LogP contribution in [0.25, 0.3) is 0 Å². The van der Waals surface area contributed by atoms with Gasteiger partial charge in [-0.3, -0.25) is 9.59 Å². The van der Waals surface area contributed by atoms with Gasteiger partial charge in [0.05, 0.1) is 5.92 Å². The van der Waals surface area contributed by atoms with E-state index in [1.807, 2.05) is 0 Å². The standard InChI is InChI=1S/C12H23N3O2/c1-7-4-5-10(13)9(6-7)12(17)15-8(2)11(16)14-3/h7-10H,4-6,13H2,1-3H3,(H,14,16)(H,15,17). The molecule has 0 bridgehead atoms. The number of carbonyl (C=O) groups is 2. The second-order valence-corrected chi connectivity index (χ2v) is 5.03. The Balaban J connectivity index is 2.54. The molecule has 0 saturated heterocycles. The second-order valence-electron chi connectivity index (χ2n) is 5.03. The van der Waals surface area contributed by atoms with Gasteiger partial charge in [-0.15, -0.1) is 0 Å². The van der Waals surface area contributed by atoms with Crippen molar-refractivity contribution in [3.8, 4) is 0 Å². The molecule has 5 nitrogen and oxygen atoms in total. The van der Waals surface area contributed by atoms with Crippen molar-refractivity contribution in [3.05, 3.63) is 0 Å². The molecule has 0 heterocycles. The molecule has 98 valence electrons. The molecule has 2 amide bonds. The molecular formula is C12H23N3O2. The lowest BCUT2D eigenvalue weighted by Crippen LogP contribution is -2.50. The molecule has 4 N–H and O–H groups in total. The Morgan fingerprint density at radius 2 is 2.00 bits per heavy atom. The van der Waals surface area contributed by atoms with Crippen molar-refractivity contribution in [2.75, 3.05) is 7.05 Å². The summed E-state index contributed by atoms with van der Waals surface area (Å²) in [5, 5.41) is 5.23. The first-order valence-electron chi connectivity index (χ1n) is 6.23. The zero-order valence-electron chi connectivity index (χ0n) is 10.8. The van der Waals surface area contributed by atoms with E-state index in [1.54, 1.807) is 14.0 Å². The summed E-state index contributed by atoms with van der Waals surface area (Å²) in [5.74, 6) is 0.0858. The molecule has 1 rings (SSSR count). The molecule has 4 atom stereocenters. The third-order valence-corrected chi connectivity index (χ3v) is 3.50. The topological polar surface area (TPSA) is 84.2 Å². The number of amides is 2. The lowest BCUT2D eigenvalue weighted by atomic mass is 9.78. The lowest BCUT2D eigenvalue weighted by Gasteiger charge is -2.32. The quantitative estimate of drug-likeness (QED) is 0.650. The Morgan fingerprint density at radius 1 is 1.35 bits per heavy atom. The first-order valence-corrected chi connectivity index (χ1v) is 6.23. The molecule has 4 unspecified atom stereocenters. The van der Waals surface area contributed by atoms with Gasteiger partial charge < -0.3 is 16.4 Å². The predicted molar refractivity (Wildman–Crippen MR) is 66.2 cm³/mol. The van der Waals surface area contributed by atoms with Crippen molar-refractivity contribution < 1.29 is 9.59 Å². The van der Waals surface area contributed by atoms with E-state index in [0.29, 0.717) is 5.92 Å². The summed E-state index contributed by atoms with van der Waals surface area (Å²) in [5.41, 5.74) is 5.97. The van der Waals surface area contributed by atoms with Crippen LogP contribution in [0.1, 0.15) is 33.1 Å². The molecule has 0 aromatic carbocycles. The molecule has 0 spiro atoms. The Kier molecular flexibility index (Phi) is 4.93. The maximum Gasteiger partial charge on any atom is 0.242 e. The van der Waals surface area contributed by atoms with E-state index >= 15 is 0 Å². The molecule has 5 heteroatoms. The highest BCUT2D eigenvalue weighted by molar-refractivity contribution is 5.88. The van der Waals surface area contributed by atoms with Crippen molar-refractivity contribution in [1.29, 1.82) is 0 Å². The first kappa shape index (κ1) is 14.0. The molecule has 0 radical (unpaired) electrons. The highest BCUT2D eigenvalue weighted by atomic mass is 16.2. The number of nitrogens with one attached hydrogen (secondary N) is 2. The zero-order chi connectivity index (χ0) is 13.0. The minimum absolute atomic E-state index is 0.0805. The number of carbonyl (C=O) groups excluding carboxylic acids is 2. The van der Waals surface area contributed by atoms with Crippen LogP contribution in [-0.2, 0) is 9.59 Å². The predicted octanol–water partition coefficient (Wildman–Crippen LogP) is 0.000600. The molecule has 1 fully saturated rings. The third kappa shape index (κ3) is 3.70. The fourth-order valence-electron chi connectivity index (χ4n) is 2.31. The molecule has 0 aromatic rings. The number of nitrogens with two attached hydrogens (primary N) is 1. The largest absolute Gasteiger partial charge is 0.357 e. The van der Waals surface area contributed by atoms with E-state index < -0.39 is 6.04 Å². The molecule has 1 saturated carbocycles. The van der Waals surface area contributed by atoms with Crippen LogP contribution >= 0.6 is 0 Å². The summed E-state index contributed by atoms with van der Waals surface area (Å²) in [6, 6.07) is -0.583. The summed E-state index contributed by atoms with van der Waals surface area (Å²) in [6.45, 7) is 3.81. The number of likely N-dealkylation sites (N-methyl/N-ethyl adjacent to an activating group) is 1. The van der Waals surface area contributed by atoms with Gasteiger partial charge in [0.1, 0.15) is 6.04 Å². The smallest absolute Gasteiger partial charge is 0.242 e. The van der Waals surface area contributed by atoms with Gasteiger partial charge in [0.2, 0.25) is 11.8 Å². The van der Waals surface area contributed by atoms with Gasteiger partial charge in [-0.05, 0) is 32.1 Å². The van der Waals surface area contributed by atoms with Crippen LogP contribution in [0.4, 0.5) is 0 Å². The van der Waals surface area contributed by atoms with Crippen molar-refractivity contribution in [1.82, 2.24) is 10.6 Å². The van der Waals surface area contributed by atoms with E-state index in [2.05, 4.69) is 17.6 Å². The van der Waals surface area contributed by atoms with Crippen LogP contribution < -0.4 is 16.4 Å². The third-order valence-electron chi connectivity index (χ3n) is 3.50. The molecule has 1 aliphatic carbocycles. The SMILES string of the molecule is CNC(=O)C(C)NC(=O)C1CC(C)CCC1N. The van der Waals surface area contributed by atoms with Gasteiger partial charge in [0.25, 0.3) is 0 Å². The van der Waals surface area contributed by atoms with Gasteiger partial charge in [-0.2, -0.15) is 0 Å². The van der Waals surface area contributed by atoms with E-state index in [1.165, 1.54) is 0 Å². The van der Waals surface area contributed by atoms with Crippen LogP contribution in [0.3, 0.4) is 0 Å². The van der Waals surface area contributed by atoms with E-state index in [4.69, 9.17) is 5.73 Å². The van der Waals surface area contributed by atoms with Gasteiger partial charge in [-0.1, -0.05) is 6.92 Å². The van der Waals surface area contributed by atoms with Crippen LogP contribution in [-0.4, -0.2) is 30.9 Å². The Labute approximate surface area is 103 Å². The van der Waals surface area contributed by atoms with Crippen LogP contribution in [0.15, 0.2) is 0 Å². The van der Waals surface area contributed by atoms with Crippen molar-refractivity contribution in [2.24, 2.45) is 17.6 Å². The van der Waals surface area contributed by atoms with Gasteiger partial charge in [-0.25, -0.2) is 0 Å². The average Bonchev–Trinajstić information content (AvgIpc) is 2.30. The number of hydrogen-bond donors (Lipinski definition) is 3. The average molecular weight is 241 g/mol. The summed E-state index contributed by atoms with van der Waals surface area (Å²) in [7, 11) is 1.55. The minimum atomic E-state index is -0.503. The van der Waals surface area contributed by atoms with Crippen LogP contribution in [0, 0.1) is 11.8 Å². The molecule has 0 aliphatic heterocycles. The maximum atomic E-state index is 12.0. The number of rotatable bonds is 3. The molecule has 1 aliphatic rings. The Bertz CT molecular complexity index is 293. The van der Waals surface area contributed by atoms with Crippen molar-refractivity contribution in [2.45, 2.75) is 45.2 Å². The van der Waals surface area contributed by atoms with Crippen molar-refractivity contribution in [3.63, 3.8) is 0 Å². The fourth-order valence-corrected chi connectivity index (χ4v) is 2.31. The summed E-state index contributed by atoms with van der Waals surface area (Å²) >= 11 is 0. The second kappa shape index (κ2) is 6.00.